The maximum atomic E-state index is 12.1. The standard InChI is InChI=1S/C13H19NO3S/c1-3-18(15,16)12-11(13(12,14)9-17-2)10-7-5-4-6-8-10/h4-8,11-12H,3,9,14H2,1-2H3/t11-,12+,13+/m1/s1. The van der Waals surface area contributed by atoms with Gasteiger partial charge in [-0.15, -0.1) is 0 Å². The molecule has 1 fully saturated rings. The molecule has 100 valence electrons. The summed E-state index contributed by atoms with van der Waals surface area (Å²) in [6, 6.07) is 9.55. The Bertz CT molecular complexity index is 514. The van der Waals surface area contributed by atoms with Crippen molar-refractivity contribution >= 4 is 9.84 Å². The molecule has 18 heavy (non-hydrogen) atoms. The van der Waals surface area contributed by atoms with Gasteiger partial charge < -0.3 is 10.5 Å². The normalized spacial score (nSPS) is 31.3. The third kappa shape index (κ3) is 2.06. The van der Waals surface area contributed by atoms with Crippen molar-refractivity contribution in [1.29, 1.82) is 0 Å². The van der Waals surface area contributed by atoms with Crippen LogP contribution in [0.25, 0.3) is 0 Å². The third-order valence-electron chi connectivity index (χ3n) is 3.64. The second-order valence-electron chi connectivity index (χ2n) is 4.81. The summed E-state index contributed by atoms with van der Waals surface area (Å²) in [7, 11) is -1.61. The lowest BCUT2D eigenvalue weighted by molar-refractivity contribution is 0.171. The molecular formula is C13H19NO3S. The Morgan fingerprint density at radius 1 is 1.33 bits per heavy atom. The molecule has 4 nitrogen and oxygen atoms in total. The molecule has 0 aromatic heterocycles. The van der Waals surface area contributed by atoms with E-state index in [-0.39, 0.29) is 18.3 Å². The molecule has 1 aliphatic carbocycles. The summed E-state index contributed by atoms with van der Waals surface area (Å²) in [6.45, 7) is 1.92. The Kier molecular flexibility index (Phi) is 3.49. The van der Waals surface area contributed by atoms with E-state index in [0.29, 0.717) is 0 Å². The van der Waals surface area contributed by atoms with Gasteiger partial charge in [0.25, 0.3) is 0 Å². The number of sulfone groups is 1. The van der Waals surface area contributed by atoms with Gasteiger partial charge in [0.1, 0.15) is 0 Å². The lowest BCUT2D eigenvalue weighted by atomic mass is 10.1. The highest BCUT2D eigenvalue weighted by Crippen LogP contribution is 2.54. The van der Waals surface area contributed by atoms with Gasteiger partial charge in [-0.05, 0) is 5.56 Å². The predicted molar refractivity (Wildman–Crippen MR) is 71.2 cm³/mol. The van der Waals surface area contributed by atoms with Crippen LogP contribution in [-0.4, -0.2) is 38.7 Å². The fourth-order valence-corrected chi connectivity index (χ4v) is 4.70. The van der Waals surface area contributed by atoms with Gasteiger partial charge >= 0.3 is 0 Å². The van der Waals surface area contributed by atoms with Crippen LogP contribution in [0, 0.1) is 0 Å². The van der Waals surface area contributed by atoms with Gasteiger partial charge in [0.2, 0.25) is 0 Å². The maximum Gasteiger partial charge on any atom is 0.155 e. The molecule has 3 atom stereocenters. The minimum atomic E-state index is -3.16. The summed E-state index contributed by atoms with van der Waals surface area (Å²) >= 11 is 0. The summed E-state index contributed by atoms with van der Waals surface area (Å²) in [6.07, 6.45) is 0. The minimum absolute atomic E-state index is 0.115. The molecule has 1 aliphatic rings. The first-order chi connectivity index (χ1) is 8.47. The molecule has 2 rings (SSSR count). The molecule has 0 spiro atoms. The predicted octanol–water partition coefficient (Wildman–Crippen LogP) is 0.931. The van der Waals surface area contributed by atoms with E-state index in [1.165, 1.54) is 0 Å². The summed E-state index contributed by atoms with van der Waals surface area (Å²) in [5, 5.41) is -0.530. The van der Waals surface area contributed by atoms with E-state index >= 15 is 0 Å². The molecule has 1 aromatic carbocycles. The van der Waals surface area contributed by atoms with E-state index in [1.54, 1.807) is 14.0 Å². The number of rotatable bonds is 5. The lowest BCUT2D eigenvalue weighted by Crippen LogP contribution is -2.36. The molecule has 0 saturated heterocycles. The van der Waals surface area contributed by atoms with Gasteiger partial charge in [-0.2, -0.15) is 0 Å². The van der Waals surface area contributed by atoms with Gasteiger partial charge in [0, 0.05) is 18.8 Å². The van der Waals surface area contributed by atoms with Gasteiger partial charge in [-0.3, -0.25) is 0 Å². The second kappa shape index (κ2) is 4.64. The molecule has 0 amide bonds. The molecule has 2 N–H and O–H groups in total. The number of hydrogen-bond acceptors (Lipinski definition) is 4. The van der Waals surface area contributed by atoms with Gasteiger partial charge in [0.05, 0.1) is 17.4 Å². The van der Waals surface area contributed by atoms with Crippen molar-refractivity contribution in [3.63, 3.8) is 0 Å². The van der Waals surface area contributed by atoms with Crippen molar-refractivity contribution in [1.82, 2.24) is 0 Å². The Labute approximate surface area is 108 Å². The average Bonchev–Trinajstić information content (AvgIpc) is 2.98. The fourth-order valence-electron chi connectivity index (χ4n) is 2.71. The van der Waals surface area contributed by atoms with E-state index < -0.39 is 20.6 Å². The van der Waals surface area contributed by atoms with Gasteiger partial charge in [-0.25, -0.2) is 8.42 Å². The molecular weight excluding hydrogens is 250 g/mol. The van der Waals surface area contributed by atoms with Crippen molar-refractivity contribution in [3.05, 3.63) is 35.9 Å². The first kappa shape index (κ1) is 13.5. The zero-order chi connectivity index (χ0) is 13.4. The van der Waals surface area contributed by atoms with Crippen molar-refractivity contribution < 1.29 is 13.2 Å². The van der Waals surface area contributed by atoms with Crippen LogP contribution in [0.15, 0.2) is 30.3 Å². The highest BCUT2D eigenvalue weighted by molar-refractivity contribution is 7.92. The Morgan fingerprint density at radius 2 is 1.94 bits per heavy atom. The Balaban J connectivity index is 2.36. The molecule has 0 radical (unpaired) electrons. The SMILES string of the molecule is CCS(=O)(=O)[C@H]1[C@@H](c2ccccc2)[C@@]1(N)COC. The first-order valence-electron chi connectivity index (χ1n) is 6.01. The highest BCUT2D eigenvalue weighted by Gasteiger charge is 2.68. The summed E-state index contributed by atoms with van der Waals surface area (Å²) in [4.78, 5) is 0. The topological polar surface area (TPSA) is 69.4 Å². The van der Waals surface area contributed by atoms with Gasteiger partial charge in [-0.1, -0.05) is 37.3 Å². The highest BCUT2D eigenvalue weighted by atomic mass is 32.2. The number of nitrogens with two attached hydrogens (primary N) is 1. The molecule has 0 heterocycles. The molecule has 1 aromatic rings. The first-order valence-corrected chi connectivity index (χ1v) is 7.73. The number of methoxy groups -OCH3 is 1. The van der Waals surface area contributed by atoms with Crippen LogP contribution in [0.3, 0.4) is 0 Å². The zero-order valence-electron chi connectivity index (χ0n) is 10.7. The van der Waals surface area contributed by atoms with Crippen molar-refractivity contribution in [2.24, 2.45) is 5.73 Å². The molecule has 0 unspecified atom stereocenters. The van der Waals surface area contributed by atoms with Crippen LogP contribution in [-0.2, 0) is 14.6 Å². The Morgan fingerprint density at radius 3 is 2.44 bits per heavy atom. The van der Waals surface area contributed by atoms with E-state index in [0.717, 1.165) is 5.56 Å². The number of hydrogen-bond donors (Lipinski definition) is 1. The van der Waals surface area contributed by atoms with E-state index in [4.69, 9.17) is 10.5 Å². The fraction of sp³-hybridized carbons (Fsp3) is 0.538. The molecule has 0 aliphatic heterocycles. The van der Waals surface area contributed by atoms with Crippen molar-refractivity contribution in [3.8, 4) is 0 Å². The number of ether oxygens (including phenoxy) is 1. The Hall–Kier alpha value is -0.910. The average molecular weight is 269 g/mol. The lowest BCUT2D eigenvalue weighted by Gasteiger charge is -2.10. The van der Waals surface area contributed by atoms with Crippen molar-refractivity contribution in [2.45, 2.75) is 23.6 Å². The van der Waals surface area contributed by atoms with Crippen LogP contribution >= 0.6 is 0 Å². The van der Waals surface area contributed by atoms with E-state index in [9.17, 15) is 8.42 Å². The molecule has 0 bridgehead atoms. The zero-order valence-corrected chi connectivity index (χ0v) is 11.5. The summed E-state index contributed by atoms with van der Waals surface area (Å²) in [5.41, 5.74) is 6.42. The van der Waals surface area contributed by atoms with Crippen molar-refractivity contribution in [2.75, 3.05) is 19.5 Å². The smallest absolute Gasteiger partial charge is 0.155 e. The third-order valence-corrected chi connectivity index (χ3v) is 5.93. The number of benzene rings is 1. The molecule has 5 heteroatoms. The quantitative estimate of drug-likeness (QED) is 0.863. The molecule has 1 saturated carbocycles. The van der Waals surface area contributed by atoms with Crippen LogP contribution in [0.1, 0.15) is 18.4 Å². The van der Waals surface area contributed by atoms with E-state index in [2.05, 4.69) is 0 Å². The maximum absolute atomic E-state index is 12.1. The monoisotopic (exact) mass is 269 g/mol. The minimum Gasteiger partial charge on any atom is -0.383 e. The van der Waals surface area contributed by atoms with Crippen LogP contribution in [0.2, 0.25) is 0 Å². The second-order valence-corrected chi connectivity index (χ2v) is 7.22. The summed E-state index contributed by atoms with van der Waals surface area (Å²) < 4.78 is 29.3. The van der Waals surface area contributed by atoms with E-state index in [1.807, 2.05) is 30.3 Å². The van der Waals surface area contributed by atoms with Crippen LogP contribution in [0.4, 0.5) is 0 Å². The van der Waals surface area contributed by atoms with Crippen LogP contribution in [0.5, 0.6) is 0 Å². The largest absolute Gasteiger partial charge is 0.383 e. The van der Waals surface area contributed by atoms with Gasteiger partial charge in [0.15, 0.2) is 9.84 Å². The van der Waals surface area contributed by atoms with Crippen LogP contribution < -0.4 is 5.73 Å². The summed E-state index contributed by atoms with van der Waals surface area (Å²) in [5.74, 6) is -0.0486.